The van der Waals surface area contributed by atoms with Gasteiger partial charge in [0.15, 0.2) is 5.69 Å². The summed E-state index contributed by atoms with van der Waals surface area (Å²) in [5.41, 5.74) is -0.800. The van der Waals surface area contributed by atoms with Gasteiger partial charge in [0, 0.05) is 13.2 Å². The summed E-state index contributed by atoms with van der Waals surface area (Å²) in [6.45, 7) is 0.296. The molecule has 0 atom stereocenters. The summed E-state index contributed by atoms with van der Waals surface area (Å²) < 4.78 is 30.5. The number of rotatable bonds is 5. The topological polar surface area (TPSA) is 64.4 Å². The van der Waals surface area contributed by atoms with E-state index in [1.807, 2.05) is 0 Å². The second kappa shape index (κ2) is 4.83. The molecule has 1 aromatic heterocycles. The van der Waals surface area contributed by atoms with Crippen LogP contribution in [0, 0.1) is 0 Å². The Morgan fingerprint density at radius 1 is 1.73 bits per heavy atom. The van der Waals surface area contributed by atoms with Gasteiger partial charge in [-0.05, 0) is 0 Å². The van der Waals surface area contributed by atoms with Crippen LogP contribution in [-0.4, -0.2) is 34.6 Å². The SMILES string of the molecule is COCCn1nc(C(=O)O)cc1C(F)F. The second-order valence-corrected chi connectivity index (χ2v) is 2.78. The standard InChI is InChI=1S/C8H10F2N2O3/c1-15-3-2-12-6(7(9)10)4-5(11-12)8(13)14/h4,7H,2-3H2,1H3,(H,13,14). The lowest BCUT2D eigenvalue weighted by atomic mass is 10.3. The van der Waals surface area contributed by atoms with Crippen molar-refractivity contribution in [2.24, 2.45) is 0 Å². The van der Waals surface area contributed by atoms with Crippen LogP contribution in [-0.2, 0) is 11.3 Å². The van der Waals surface area contributed by atoms with Crippen LogP contribution in [0.1, 0.15) is 22.6 Å². The number of carboxylic acids is 1. The Bertz CT molecular complexity index is 352. The smallest absolute Gasteiger partial charge is 0.356 e. The zero-order valence-electron chi connectivity index (χ0n) is 7.98. The fourth-order valence-corrected chi connectivity index (χ4v) is 1.07. The normalized spacial score (nSPS) is 10.9. The van der Waals surface area contributed by atoms with Crippen molar-refractivity contribution in [3.63, 3.8) is 0 Å². The number of carbonyl (C=O) groups is 1. The van der Waals surface area contributed by atoms with E-state index in [-0.39, 0.29) is 18.8 Å². The molecule has 0 fully saturated rings. The number of aromatic carboxylic acids is 1. The van der Waals surface area contributed by atoms with Crippen LogP contribution in [0.2, 0.25) is 0 Å². The molecule has 0 unspecified atom stereocenters. The molecule has 84 valence electrons. The monoisotopic (exact) mass is 220 g/mol. The predicted octanol–water partition coefficient (Wildman–Crippen LogP) is 1.17. The van der Waals surface area contributed by atoms with E-state index >= 15 is 0 Å². The molecule has 0 saturated heterocycles. The van der Waals surface area contributed by atoms with Gasteiger partial charge in [0.05, 0.1) is 13.2 Å². The van der Waals surface area contributed by atoms with Crippen LogP contribution >= 0.6 is 0 Å². The zero-order chi connectivity index (χ0) is 11.4. The molecule has 0 saturated carbocycles. The number of carboxylic acid groups (broad SMARTS) is 1. The van der Waals surface area contributed by atoms with Gasteiger partial charge in [-0.3, -0.25) is 4.68 Å². The highest BCUT2D eigenvalue weighted by Crippen LogP contribution is 2.19. The molecule has 1 rings (SSSR count). The number of halogens is 2. The van der Waals surface area contributed by atoms with E-state index in [4.69, 9.17) is 9.84 Å². The average Bonchev–Trinajstić information content (AvgIpc) is 2.58. The van der Waals surface area contributed by atoms with Gasteiger partial charge < -0.3 is 9.84 Å². The molecule has 1 aromatic rings. The predicted molar refractivity (Wildman–Crippen MR) is 46.0 cm³/mol. The van der Waals surface area contributed by atoms with E-state index in [1.165, 1.54) is 7.11 Å². The van der Waals surface area contributed by atoms with Crippen molar-refractivity contribution < 1.29 is 23.4 Å². The van der Waals surface area contributed by atoms with E-state index in [0.717, 1.165) is 10.7 Å². The van der Waals surface area contributed by atoms with Gasteiger partial charge in [0.1, 0.15) is 5.69 Å². The molecule has 0 aromatic carbocycles. The van der Waals surface area contributed by atoms with E-state index in [0.29, 0.717) is 0 Å². The molecular formula is C8H10F2N2O3. The summed E-state index contributed by atoms with van der Waals surface area (Å²) in [7, 11) is 1.42. The molecule has 0 bridgehead atoms. The molecule has 0 spiro atoms. The largest absolute Gasteiger partial charge is 0.476 e. The van der Waals surface area contributed by atoms with Gasteiger partial charge in [0.25, 0.3) is 6.43 Å². The first-order chi connectivity index (χ1) is 7.06. The summed E-state index contributed by atoms with van der Waals surface area (Å²) in [6.07, 6.45) is -2.75. The van der Waals surface area contributed by atoms with Crippen LogP contribution in [0.3, 0.4) is 0 Å². The van der Waals surface area contributed by atoms with Crippen LogP contribution in [0.15, 0.2) is 6.07 Å². The van der Waals surface area contributed by atoms with Gasteiger partial charge in [-0.1, -0.05) is 0 Å². The van der Waals surface area contributed by atoms with E-state index in [2.05, 4.69) is 5.10 Å². The minimum absolute atomic E-state index is 0.101. The van der Waals surface area contributed by atoms with Crippen molar-refractivity contribution >= 4 is 5.97 Å². The number of hydrogen-bond donors (Lipinski definition) is 1. The van der Waals surface area contributed by atoms with Crippen molar-refractivity contribution in [2.45, 2.75) is 13.0 Å². The van der Waals surface area contributed by atoms with Gasteiger partial charge in [-0.25, -0.2) is 13.6 Å². The third kappa shape index (κ3) is 2.72. The maximum atomic E-state index is 12.4. The van der Waals surface area contributed by atoms with Crippen molar-refractivity contribution in [3.05, 3.63) is 17.5 Å². The number of aromatic nitrogens is 2. The van der Waals surface area contributed by atoms with E-state index in [1.54, 1.807) is 0 Å². The first-order valence-corrected chi connectivity index (χ1v) is 4.14. The van der Waals surface area contributed by atoms with Gasteiger partial charge in [-0.2, -0.15) is 5.10 Å². The highest BCUT2D eigenvalue weighted by Gasteiger charge is 2.19. The van der Waals surface area contributed by atoms with E-state index in [9.17, 15) is 13.6 Å². The molecule has 1 N–H and O–H groups in total. The third-order valence-corrected chi connectivity index (χ3v) is 1.76. The molecule has 0 radical (unpaired) electrons. The van der Waals surface area contributed by atoms with Crippen LogP contribution < -0.4 is 0 Å². The Kier molecular flexibility index (Phi) is 3.73. The summed E-state index contributed by atoms with van der Waals surface area (Å²) >= 11 is 0. The Labute approximate surface area is 84.3 Å². The zero-order valence-corrected chi connectivity index (χ0v) is 7.98. The lowest BCUT2D eigenvalue weighted by Crippen LogP contribution is -2.10. The molecule has 0 aliphatic carbocycles. The van der Waals surface area contributed by atoms with Crippen molar-refractivity contribution in [1.29, 1.82) is 0 Å². The summed E-state index contributed by atoms with van der Waals surface area (Å²) in [5.74, 6) is -1.33. The molecule has 15 heavy (non-hydrogen) atoms. The second-order valence-electron chi connectivity index (χ2n) is 2.78. The fraction of sp³-hybridized carbons (Fsp3) is 0.500. The lowest BCUT2D eigenvalue weighted by molar-refractivity contribution is 0.0688. The highest BCUT2D eigenvalue weighted by molar-refractivity contribution is 5.85. The summed E-state index contributed by atoms with van der Waals surface area (Å²) in [6, 6.07) is 0.864. The first-order valence-electron chi connectivity index (χ1n) is 4.14. The first kappa shape index (κ1) is 11.6. The number of hydrogen-bond acceptors (Lipinski definition) is 3. The summed E-state index contributed by atoms with van der Waals surface area (Å²) in [5, 5.41) is 12.1. The van der Waals surface area contributed by atoms with Crippen LogP contribution in [0.4, 0.5) is 8.78 Å². The quantitative estimate of drug-likeness (QED) is 0.808. The minimum Gasteiger partial charge on any atom is -0.476 e. The Balaban J connectivity index is 2.95. The fourth-order valence-electron chi connectivity index (χ4n) is 1.07. The van der Waals surface area contributed by atoms with Gasteiger partial charge in [-0.15, -0.1) is 0 Å². The number of alkyl halides is 2. The molecular weight excluding hydrogens is 210 g/mol. The van der Waals surface area contributed by atoms with Crippen LogP contribution in [0.5, 0.6) is 0 Å². The van der Waals surface area contributed by atoms with Crippen molar-refractivity contribution in [2.75, 3.05) is 13.7 Å². The Morgan fingerprint density at radius 2 is 2.40 bits per heavy atom. The van der Waals surface area contributed by atoms with Crippen molar-refractivity contribution in [3.8, 4) is 0 Å². The molecule has 0 amide bonds. The number of ether oxygens (including phenoxy) is 1. The van der Waals surface area contributed by atoms with Crippen LogP contribution in [0.25, 0.3) is 0 Å². The average molecular weight is 220 g/mol. The Hall–Kier alpha value is -1.50. The van der Waals surface area contributed by atoms with Gasteiger partial charge >= 0.3 is 5.97 Å². The third-order valence-electron chi connectivity index (χ3n) is 1.76. The molecule has 0 aliphatic rings. The Morgan fingerprint density at radius 3 is 2.87 bits per heavy atom. The maximum absolute atomic E-state index is 12.4. The summed E-state index contributed by atoms with van der Waals surface area (Å²) in [4.78, 5) is 10.5. The highest BCUT2D eigenvalue weighted by atomic mass is 19.3. The molecule has 7 heteroatoms. The van der Waals surface area contributed by atoms with Crippen molar-refractivity contribution in [1.82, 2.24) is 9.78 Å². The lowest BCUT2D eigenvalue weighted by Gasteiger charge is -2.04. The molecule has 5 nitrogen and oxygen atoms in total. The number of nitrogens with zero attached hydrogens (tertiary/aromatic N) is 2. The van der Waals surface area contributed by atoms with E-state index < -0.39 is 18.1 Å². The molecule has 1 heterocycles. The number of methoxy groups -OCH3 is 1. The van der Waals surface area contributed by atoms with Gasteiger partial charge in [0.2, 0.25) is 0 Å². The minimum atomic E-state index is -2.75. The molecule has 0 aliphatic heterocycles. The maximum Gasteiger partial charge on any atom is 0.356 e.